The number of carbonyl (C=O) groups is 1. The number of rotatable bonds is 3. The van der Waals surface area contributed by atoms with Crippen LogP contribution >= 0.6 is 0 Å². The number of hydrogen-bond acceptors (Lipinski definition) is 4. The maximum atomic E-state index is 12.7. The number of imidazole rings is 1. The minimum absolute atomic E-state index is 0.195. The van der Waals surface area contributed by atoms with E-state index in [-0.39, 0.29) is 17.6 Å². The van der Waals surface area contributed by atoms with Crippen LogP contribution in [0.15, 0.2) is 36.5 Å². The summed E-state index contributed by atoms with van der Waals surface area (Å²) in [4.78, 5) is 26.3. The number of H-pyrrole nitrogens is 1. The second kappa shape index (κ2) is 7.38. The Balaban J connectivity index is 1.42. The fourth-order valence-electron chi connectivity index (χ4n) is 3.76. The number of halogens is 3. The summed E-state index contributed by atoms with van der Waals surface area (Å²) < 4.78 is 40.6. The van der Waals surface area contributed by atoms with E-state index in [0.29, 0.717) is 24.3 Å². The third kappa shape index (κ3) is 4.18. The van der Waals surface area contributed by atoms with Gasteiger partial charge in [0.25, 0.3) is 5.91 Å². The molecule has 6 nitrogen and oxygen atoms in total. The number of pyridine rings is 1. The first kappa shape index (κ1) is 19.2. The number of aryl methyl sites for hydroxylation is 1. The number of fused-ring (bicyclic) bond motifs is 1. The molecule has 1 saturated heterocycles. The Bertz CT molecular complexity index is 1020. The third-order valence-corrected chi connectivity index (χ3v) is 5.10. The van der Waals surface area contributed by atoms with Gasteiger partial charge in [-0.3, -0.25) is 4.79 Å². The number of amides is 1. The van der Waals surface area contributed by atoms with Gasteiger partial charge in [0.2, 0.25) is 0 Å². The average Bonchev–Trinajstić information content (AvgIpc) is 3.07. The summed E-state index contributed by atoms with van der Waals surface area (Å²) in [5, 5.41) is 0. The molecule has 3 heterocycles. The summed E-state index contributed by atoms with van der Waals surface area (Å²) in [5.74, 6) is 0.557. The largest absolute Gasteiger partial charge is 0.573 e. The first-order valence-electron chi connectivity index (χ1n) is 9.26. The van der Waals surface area contributed by atoms with E-state index in [1.165, 1.54) is 12.1 Å². The Kier molecular flexibility index (Phi) is 4.89. The van der Waals surface area contributed by atoms with Crippen LogP contribution < -0.4 is 4.74 Å². The van der Waals surface area contributed by atoms with Gasteiger partial charge in [-0.05, 0) is 61.6 Å². The molecule has 1 amide bonds. The Morgan fingerprint density at radius 2 is 1.86 bits per heavy atom. The number of nitrogens with zero attached hydrogens (tertiary/aromatic N) is 3. The smallest absolute Gasteiger partial charge is 0.406 e. The quantitative estimate of drug-likeness (QED) is 0.711. The van der Waals surface area contributed by atoms with Crippen LogP contribution in [0.3, 0.4) is 0 Å². The van der Waals surface area contributed by atoms with Crippen LogP contribution in [0.1, 0.15) is 40.5 Å². The van der Waals surface area contributed by atoms with Crippen LogP contribution in [0.25, 0.3) is 11.2 Å². The predicted octanol–water partition coefficient (Wildman–Crippen LogP) is 4.18. The van der Waals surface area contributed by atoms with Gasteiger partial charge in [-0.1, -0.05) is 0 Å². The van der Waals surface area contributed by atoms with Crippen LogP contribution in [-0.4, -0.2) is 45.2 Å². The van der Waals surface area contributed by atoms with Gasteiger partial charge < -0.3 is 14.6 Å². The van der Waals surface area contributed by atoms with Gasteiger partial charge in [0, 0.05) is 24.8 Å². The Labute approximate surface area is 164 Å². The predicted molar refractivity (Wildman–Crippen MR) is 99.6 cm³/mol. The fourth-order valence-corrected chi connectivity index (χ4v) is 3.76. The first-order valence-corrected chi connectivity index (χ1v) is 9.26. The molecule has 1 N–H and O–H groups in total. The highest BCUT2D eigenvalue weighted by Crippen LogP contribution is 2.32. The topological polar surface area (TPSA) is 71.1 Å². The van der Waals surface area contributed by atoms with Gasteiger partial charge in [-0.2, -0.15) is 0 Å². The molecule has 1 aliphatic rings. The number of aromatic nitrogens is 3. The van der Waals surface area contributed by atoms with E-state index in [1.54, 1.807) is 11.1 Å². The van der Waals surface area contributed by atoms with E-state index in [4.69, 9.17) is 0 Å². The van der Waals surface area contributed by atoms with Crippen molar-refractivity contribution in [3.63, 3.8) is 0 Å². The van der Waals surface area contributed by atoms with Gasteiger partial charge in [-0.15, -0.1) is 13.2 Å². The van der Waals surface area contributed by atoms with Gasteiger partial charge in [0.1, 0.15) is 11.6 Å². The molecule has 29 heavy (non-hydrogen) atoms. The summed E-state index contributed by atoms with van der Waals surface area (Å²) in [5.41, 5.74) is 3.12. The number of nitrogens with one attached hydrogen (secondary N) is 1. The number of ether oxygens (including phenoxy) is 1. The van der Waals surface area contributed by atoms with Gasteiger partial charge in [0.15, 0.2) is 5.65 Å². The zero-order valence-corrected chi connectivity index (χ0v) is 15.7. The summed E-state index contributed by atoms with van der Waals surface area (Å²) in [6.45, 7) is 3.03. The number of aromatic amines is 1. The molecule has 4 rings (SSSR count). The second-order valence-corrected chi connectivity index (χ2v) is 7.06. The maximum absolute atomic E-state index is 12.7. The van der Waals surface area contributed by atoms with Crippen LogP contribution in [0, 0.1) is 6.92 Å². The summed E-state index contributed by atoms with van der Waals surface area (Å²) >= 11 is 0. The van der Waals surface area contributed by atoms with Gasteiger partial charge in [-0.25, -0.2) is 9.97 Å². The molecule has 1 aliphatic heterocycles. The minimum atomic E-state index is -4.75. The maximum Gasteiger partial charge on any atom is 0.573 e. The number of likely N-dealkylation sites (tertiary alicyclic amines) is 1. The molecule has 3 aromatic rings. The molecule has 0 saturated carbocycles. The van der Waals surface area contributed by atoms with Crippen molar-refractivity contribution in [1.29, 1.82) is 0 Å². The molecular weight excluding hydrogens is 385 g/mol. The van der Waals surface area contributed by atoms with Crippen molar-refractivity contribution >= 4 is 17.1 Å². The average molecular weight is 404 g/mol. The lowest BCUT2D eigenvalue weighted by Crippen LogP contribution is -2.38. The molecule has 152 valence electrons. The van der Waals surface area contributed by atoms with Crippen molar-refractivity contribution in [1.82, 2.24) is 19.9 Å². The lowest BCUT2D eigenvalue weighted by atomic mass is 9.89. The molecule has 0 aliphatic carbocycles. The van der Waals surface area contributed by atoms with Crippen molar-refractivity contribution in [2.75, 3.05) is 13.1 Å². The highest BCUT2D eigenvalue weighted by atomic mass is 19.4. The highest BCUT2D eigenvalue weighted by Gasteiger charge is 2.31. The lowest BCUT2D eigenvalue weighted by molar-refractivity contribution is -0.274. The molecule has 9 heteroatoms. The van der Waals surface area contributed by atoms with Crippen LogP contribution in [-0.2, 0) is 0 Å². The minimum Gasteiger partial charge on any atom is -0.406 e. The lowest BCUT2D eigenvalue weighted by Gasteiger charge is -2.32. The van der Waals surface area contributed by atoms with Crippen LogP contribution in [0.5, 0.6) is 5.75 Å². The van der Waals surface area contributed by atoms with Crippen molar-refractivity contribution in [2.45, 2.75) is 32.0 Å². The van der Waals surface area contributed by atoms with E-state index < -0.39 is 6.36 Å². The summed E-state index contributed by atoms with van der Waals surface area (Å²) in [7, 11) is 0. The molecule has 0 unspecified atom stereocenters. The number of hydrogen-bond donors (Lipinski definition) is 1. The number of carbonyl (C=O) groups excluding carboxylic acids is 1. The van der Waals surface area contributed by atoms with E-state index in [0.717, 1.165) is 41.9 Å². The molecular formula is C20H19F3N4O2. The molecule has 1 aromatic carbocycles. The molecule has 0 radical (unpaired) electrons. The van der Waals surface area contributed by atoms with E-state index >= 15 is 0 Å². The molecule has 2 aromatic heterocycles. The SMILES string of the molecule is Cc1nc2nccc(C3CCN(C(=O)c4ccc(OC(F)(F)F)cc4)CC3)c2[nH]1. The molecule has 0 atom stereocenters. The van der Waals surface area contributed by atoms with Crippen molar-refractivity contribution < 1.29 is 22.7 Å². The number of benzene rings is 1. The van der Waals surface area contributed by atoms with E-state index in [1.807, 2.05) is 13.0 Å². The standard InChI is InChI=1S/C20H19F3N4O2/c1-12-25-17-16(6-9-24-18(17)26-12)13-7-10-27(11-8-13)19(28)14-2-4-15(5-3-14)29-20(21,22)23/h2-6,9,13H,7-8,10-11H2,1H3,(H,24,25,26). The van der Waals surface area contributed by atoms with Crippen molar-refractivity contribution in [3.8, 4) is 5.75 Å². The normalized spacial score (nSPS) is 15.7. The third-order valence-electron chi connectivity index (χ3n) is 5.10. The van der Waals surface area contributed by atoms with Crippen LogP contribution in [0.2, 0.25) is 0 Å². The number of piperidine rings is 1. The molecule has 0 spiro atoms. The Morgan fingerprint density at radius 3 is 2.52 bits per heavy atom. The van der Waals surface area contributed by atoms with Gasteiger partial charge in [0.05, 0.1) is 5.52 Å². The van der Waals surface area contributed by atoms with E-state index in [9.17, 15) is 18.0 Å². The first-order chi connectivity index (χ1) is 13.8. The monoisotopic (exact) mass is 404 g/mol. The Hall–Kier alpha value is -3.10. The summed E-state index contributed by atoms with van der Waals surface area (Å²) in [6.07, 6.45) is -1.42. The summed E-state index contributed by atoms with van der Waals surface area (Å²) in [6, 6.07) is 7.01. The number of alkyl halides is 3. The van der Waals surface area contributed by atoms with E-state index in [2.05, 4.69) is 19.7 Å². The van der Waals surface area contributed by atoms with Crippen molar-refractivity contribution in [3.05, 3.63) is 53.5 Å². The van der Waals surface area contributed by atoms with Crippen molar-refractivity contribution in [2.24, 2.45) is 0 Å². The highest BCUT2D eigenvalue weighted by molar-refractivity contribution is 5.94. The molecule has 1 fully saturated rings. The zero-order valence-electron chi connectivity index (χ0n) is 15.7. The zero-order chi connectivity index (χ0) is 20.6. The van der Waals surface area contributed by atoms with Crippen LogP contribution in [0.4, 0.5) is 13.2 Å². The second-order valence-electron chi connectivity index (χ2n) is 7.06. The Morgan fingerprint density at radius 1 is 1.17 bits per heavy atom. The fraction of sp³-hybridized carbons (Fsp3) is 0.350. The van der Waals surface area contributed by atoms with Gasteiger partial charge >= 0.3 is 6.36 Å². The molecule has 0 bridgehead atoms.